The molecule has 28 heavy (non-hydrogen) atoms. The quantitative estimate of drug-likeness (QED) is 0.613. The third-order valence-electron chi connectivity index (χ3n) is 3.92. The van der Waals surface area contributed by atoms with Crippen LogP contribution in [0.25, 0.3) is 0 Å². The van der Waals surface area contributed by atoms with Crippen molar-refractivity contribution in [1.29, 1.82) is 0 Å². The number of esters is 1. The van der Waals surface area contributed by atoms with Crippen molar-refractivity contribution in [2.75, 3.05) is 17.2 Å². The first-order valence-corrected chi connectivity index (χ1v) is 8.83. The van der Waals surface area contributed by atoms with Gasteiger partial charge in [-0.05, 0) is 48.9 Å². The van der Waals surface area contributed by atoms with Crippen molar-refractivity contribution in [1.82, 2.24) is 9.97 Å². The van der Waals surface area contributed by atoms with Gasteiger partial charge in [-0.2, -0.15) is 0 Å². The molecule has 7 heteroatoms. The van der Waals surface area contributed by atoms with Crippen LogP contribution in [0, 0.1) is 0 Å². The topological polar surface area (TPSA) is 93.2 Å². The number of carbonyl (C=O) groups is 2. The number of nitrogens with zero attached hydrogens (tertiary/aromatic N) is 2. The Balaban J connectivity index is 1.71. The van der Waals surface area contributed by atoms with E-state index in [2.05, 4.69) is 20.6 Å². The standard InChI is InChI=1S/C21H20N4O3/c1-2-28-21(27)17-5-3-4-6-18(17)25-20(26)16-9-12-23-19(13-16)24-14-15-7-10-22-11-8-15/h3-13H,2,14H2,1H3,(H,23,24)(H,25,26). The van der Waals surface area contributed by atoms with E-state index in [1.807, 2.05) is 12.1 Å². The molecule has 0 fully saturated rings. The Morgan fingerprint density at radius 2 is 1.82 bits per heavy atom. The molecule has 7 nitrogen and oxygen atoms in total. The summed E-state index contributed by atoms with van der Waals surface area (Å²) >= 11 is 0. The number of aromatic nitrogens is 2. The van der Waals surface area contributed by atoms with Gasteiger partial charge in [-0.15, -0.1) is 0 Å². The van der Waals surface area contributed by atoms with Gasteiger partial charge in [0.05, 0.1) is 17.9 Å². The molecule has 2 N–H and O–H groups in total. The van der Waals surface area contributed by atoms with E-state index in [0.29, 0.717) is 29.2 Å². The van der Waals surface area contributed by atoms with Crippen LogP contribution < -0.4 is 10.6 Å². The van der Waals surface area contributed by atoms with E-state index in [0.717, 1.165) is 5.56 Å². The van der Waals surface area contributed by atoms with Crippen LogP contribution in [-0.2, 0) is 11.3 Å². The van der Waals surface area contributed by atoms with E-state index in [1.165, 1.54) is 0 Å². The van der Waals surface area contributed by atoms with Crippen LogP contribution in [0.5, 0.6) is 0 Å². The molecule has 142 valence electrons. The summed E-state index contributed by atoms with van der Waals surface area (Å²) in [5.74, 6) is -0.248. The summed E-state index contributed by atoms with van der Waals surface area (Å²) in [7, 11) is 0. The fourth-order valence-corrected chi connectivity index (χ4v) is 2.54. The van der Waals surface area contributed by atoms with Crippen LogP contribution in [0.4, 0.5) is 11.5 Å². The summed E-state index contributed by atoms with van der Waals surface area (Å²) in [4.78, 5) is 32.9. The number of ether oxygens (including phenoxy) is 1. The fourth-order valence-electron chi connectivity index (χ4n) is 2.54. The zero-order chi connectivity index (χ0) is 19.8. The SMILES string of the molecule is CCOC(=O)c1ccccc1NC(=O)c1ccnc(NCc2ccncc2)c1. The fraction of sp³-hybridized carbons (Fsp3) is 0.143. The van der Waals surface area contributed by atoms with Gasteiger partial charge >= 0.3 is 5.97 Å². The molecule has 0 radical (unpaired) electrons. The Kier molecular flexibility index (Phi) is 6.30. The molecular weight excluding hydrogens is 356 g/mol. The average Bonchev–Trinajstić information content (AvgIpc) is 2.74. The number of amides is 1. The number of carbonyl (C=O) groups excluding carboxylic acids is 2. The Bertz CT molecular complexity index is 961. The van der Waals surface area contributed by atoms with E-state index in [4.69, 9.17) is 4.74 Å². The summed E-state index contributed by atoms with van der Waals surface area (Å²) in [6.07, 6.45) is 4.99. The number of nitrogens with one attached hydrogen (secondary N) is 2. The molecule has 3 aromatic rings. The van der Waals surface area contributed by atoms with Crippen LogP contribution in [0.1, 0.15) is 33.2 Å². The highest BCUT2D eigenvalue weighted by atomic mass is 16.5. The summed E-state index contributed by atoms with van der Waals surface area (Å²) in [6, 6.07) is 13.8. The van der Waals surface area contributed by atoms with Crippen molar-refractivity contribution < 1.29 is 14.3 Å². The second-order valence-corrected chi connectivity index (χ2v) is 5.86. The number of benzene rings is 1. The Labute approximate surface area is 162 Å². The first kappa shape index (κ1) is 19.0. The third kappa shape index (κ3) is 4.91. The molecule has 0 aliphatic carbocycles. The van der Waals surface area contributed by atoms with E-state index in [-0.39, 0.29) is 12.5 Å². The lowest BCUT2D eigenvalue weighted by Crippen LogP contribution is -2.16. The maximum Gasteiger partial charge on any atom is 0.340 e. The number of hydrogen-bond acceptors (Lipinski definition) is 6. The van der Waals surface area contributed by atoms with E-state index < -0.39 is 5.97 Å². The second kappa shape index (κ2) is 9.27. The number of anilines is 2. The maximum atomic E-state index is 12.6. The minimum atomic E-state index is -0.479. The van der Waals surface area contributed by atoms with Crippen LogP contribution in [0.3, 0.4) is 0 Å². The zero-order valence-corrected chi connectivity index (χ0v) is 15.4. The lowest BCUT2D eigenvalue weighted by Gasteiger charge is -2.11. The highest BCUT2D eigenvalue weighted by Crippen LogP contribution is 2.18. The monoisotopic (exact) mass is 376 g/mol. The minimum absolute atomic E-state index is 0.262. The van der Waals surface area contributed by atoms with Crippen molar-refractivity contribution in [3.8, 4) is 0 Å². The highest BCUT2D eigenvalue weighted by Gasteiger charge is 2.15. The third-order valence-corrected chi connectivity index (χ3v) is 3.92. The molecule has 1 aromatic carbocycles. The van der Waals surface area contributed by atoms with E-state index in [9.17, 15) is 9.59 Å². The van der Waals surface area contributed by atoms with Gasteiger partial charge in [-0.1, -0.05) is 12.1 Å². The van der Waals surface area contributed by atoms with Crippen molar-refractivity contribution >= 4 is 23.4 Å². The van der Waals surface area contributed by atoms with Gasteiger partial charge in [0.25, 0.3) is 5.91 Å². The lowest BCUT2D eigenvalue weighted by atomic mass is 10.1. The molecule has 0 unspecified atom stereocenters. The van der Waals surface area contributed by atoms with Crippen LogP contribution in [-0.4, -0.2) is 28.5 Å². The molecular formula is C21H20N4O3. The molecule has 0 aliphatic rings. The van der Waals surface area contributed by atoms with Crippen LogP contribution in [0.15, 0.2) is 67.1 Å². The lowest BCUT2D eigenvalue weighted by molar-refractivity contribution is 0.0527. The van der Waals surface area contributed by atoms with Crippen molar-refractivity contribution in [3.05, 3.63) is 83.8 Å². The van der Waals surface area contributed by atoms with Gasteiger partial charge in [0.1, 0.15) is 5.82 Å². The summed E-state index contributed by atoms with van der Waals surface area (Å²) in [6.45, 7) is 2.56. The Morgan fingerprint density at radius 3 is 2.61 bits per heavy atom. The van der Waals surface area contributed by atoms with Gasteiger partial charge < -0.3 is 15.4 Å². The molecule has 0 saturated carbocycles. The highest BCUT2D eigenvalue weighted by molar-refractivity contribution is 6.08. The predicted molar refractivity (Wildman–Crippen MR) is 106 cm³/mol. The predicted octanol–water partition coefficient (Wildman–Crippen LogP) is 3.52. The van der Waals surface area contributed by atoms with E-state index in [1.54, 1.807) is 61.9 Å². The minimum Gasteiger partial charge on any atom is -0.462 e. The summed E-state index contributed by atoms with van der Waals surface area (Å²) in [5, 5.41) is 5.94. The largest absolute Gasteiger partial charge is 0.462 e. The average molecular weight is 376 g/mol. The molecule has 0 saturated heterocycles. The molecule has 3 rings (SSSR count). The number of para-hydroxylation sites is 1. The van der Waals surface area contributed by atoms with Crippen molar-refractivity contribution in [3.63, 3.8) is 0 Å². The maximum absolute atomic E-state index is 12.6. The molecule has 0 bridgehead atoms. The Morgan fingerprint density at radius 1 is 1.04 bits per heavy atom. The van der Waals surface area contributed by atoms with Crippen molar-refractivity contribution in [2.24, 2.45) is 0 Å². The molecule has 2 heterocycles. The Hall–Kier alpha value is -3.74. The molecule has 0 aliphatic heterocycles. The van der Waals surface area contributed by atoms with Gasteiger partial charge in [-0.3, -0.25) is 9.78 Å². The van der Waals surface area contributed by atoms with Crippen molar-refractivity contribution in [2.45, 2.75) is 13.5 Å². The molecule has 0 atom stereocenters. The second-order valence-electron chi connectivity index (χ2n) is 5.86. The van der Waals surface area contributed by atoms with Gasteiger partial charge in [-0.25, -0.2) is 9.78 Å². The van der Waals surface area contributed by atoms with Crippen LogP contribution in [0.2, 0.25) is 0 Å². The molecule has 0 spiro atoms. The first-order valence-electron chi connectivity index (χ1n) is 8.83. The van der Waals surface area contributed by atoms with Crippen LogP contribution >= 0.6 is 0 Å². The molecule has 1 amide bonds. The summed E-state index contributed by atoms with van der Waals surface area (Å²) < 4.78 is 5.03. The molecule has 2 aromatic heterocycles. The number of rotatable bonds is 7. The summed E-state index contributed by atoms with van der Waals surface area (Å²) in [5.41, 5.74) is 2.18. The van der Waals surface area contributed by atoms with Gasteiger partial charge in [0.2, 0.25) is 0 Å². The van der Waals surface area contributed by atoms with Gasteiger partial charge in [0, 0.05) is 30.7 Å². The van der Waals surface area contributed by atoms with E-state index >= 15 is 0 Å². The first-order chi connectivity index (χ1) is 13.7. The number of pyridine rings is 2. The smallest absolute Gasteiger partial charge is 0.340 e. The number of hydrogen-bond donors (Lipinski definition) is 2. The normalized spacial score (nSPS) is 10.2. The zero-order valence-electron chi connectivity index (χ0n) is 15.4. The van der Waals surface area contributed by atoms with Gasteiger partial charge in [0.15, 0.2) is 0 Å².